The number of anilines is 1. The van der Waals surface area contributed by atoms with Crippen molar-refractivity contribution in [2.45, 2.75) is 19.9 Å². The van der Waals surface area contributed by atoms with Crippen LogP contribution in [0, 0.1) is 17.0 Å². The second-order valence-electron chi connectivity index (χ2n) is 6.10. The first-order valence-electron chi connectivity index (χ1n) is 8.33. The summed E-state index contributed by atoms with van der Waals surface area (Å²) >= 11 is 0. The number of rotatable bonds is 6. The molecule has 0 atom stereocenters. The molecular weight excluding hydrogens is 306 g/mol. The smallest absolute Gasteiger partial charge is 0.292 e. The molecule has 1 aliphatic heterocycles. The van der Waals surface area contributed by atoms with Crippen LogP contribution in [0.1, 0.15) is 12.2 Å². The largest absolute Gasteiger partial charge is 0.363 e. The molecule has 1 aromatic carbocycles. The van der Waals surface area contributed by atoms with Crippen LogP contribution in [0.25, 0.3) is 0 Å². The number of hydrogen-bond donors (Lipinski definition) is 0. The van der Waals surface area contributed by atoms with Crippen molar-refractivity contribution < 1.29 is 4.92 Å². The number of nitrogens with zero attached hydrogens (tertiary/aromatic N) is 5. The number of piperazine rings is 1. The second-order valence-corrected chi connectivity index (χ2v) is 6.10. The van der Waals surface area contributed by atoms with Crippen LogP contribution >= 0.6 is 0 Å². The maximum atomic E-state index is 11.2. The lowest BCUT2D eigenvalue weighted by Crippen LogP contribution is -2.46. The number of nitro benzene ring substituents is 1. The van der Waals surface area contributed by atoms with Crippen LogP contribution in [-0.2, 0) is 6.54 Å². The molecule has 7 nitrogen and oxygen atoms in total. The van der Waals surface area contributed by atoms with Crippen LogP contribution in [0.3, 0.4) is 0 Å². The molecule has 2 aromatic rings. The number of nitro groups is 1. The Balaban J connectivity index is 1.49. The first-order chi connectivity index (χ1) is 11.6. The van der Waals surface area contributed by atoms with Crippen LogP contribution < -0.4 is 4.90 Å². The molecule has 1 saturated heterocycles. The van der Waals surface area contributed by atoms with Gasteiger partial charge in [0.2, 0.25) is 0 Å². The normalized spacial score (nSPS) is 15.6. The molecule has 0 amide bonds. The average molecular weight is 329 g/mol. The van der Waals surface area contributed by atoms with E-state index in [9.17, 15) is 10.1 Å². The van der Waals surface area contributed by atoms with Crippen molar-refractivity contribution in [3.05, 3.63) is 52.6 Å². The maximum Gasteiger partial charge on any atom is 0.292 e. The highest BCUT2D eigenvalue weighted by Crippen LogP contribution is 2.28. The number of aromatic nitrogens is 2. The molecule has 2 heterocycles. The lowest BCUT2D eigenvalue weighted by Gasteiger charge is -2.35. The SMILES string of the molecule is Cc1nccn1CCCN1CCN(c2ccccc2[N+](=O)[O-])CC1. The monoisotopic (exact) mass is 329 g/mol. The summed E-state index contributed by atoms with van der Waals surface area (Å²) in [6, 6.07) is 7.00. The lowest BCUT2D eigenvalue weighted by molar-refractivity contribution is -0.384. The van der Waals surface area contributed by atoms with Gasteiger partial charge in [-0.25, -0.2) is 4.98 Å². The molecule has 0 bridgehead atoms. The van der Waals surface area contributed by atoms with Gasteiger partial charge in [-0.1, -0.05) is 12.1 Å². The summed E-state index contributed by atoms with van der Waals surface area (Å²) in [5, 5.41) is 11.2. The van der Waals surface area contributed by atoms with Gasteiger partial charge in [0.05, 0.1) is 4.92 Å². The fraction of sp³-hybridized carbons (Fsp3) is 0.471. The summed E-state index contributed by atoms with van der Waals surface area (Å²) in [5.41, 5.74) is 0.928. The van der Waals surface area contributed by atoms with Gasteiger partial charge in [0.25, 0.3) is 5.69 Å². The Morgan fingerprint density at radius 2 is 1.92 bits per heavy atom. The molecule has 0 radical (unpaired) electrons. The third kappa shape index (κ3) is 3.73. The number of hydrogen-bond acceptors (Lipinski definition) is 5. The molecule has 0 aliphatic carbocycles. The molecule has 0 saturated carbocycles. The van der Waals surface area contributed by atoms with Crippen molar-refractivity contribution >= 4 is 11.4 Å². The minimum absolute atomic E-state index is 0.196. The summed E-state index contributed by atoms with van der Waals surface area (Å²) < 4.78 is 2.17. The molecule has 1 aliphatic rings. The van der Waals surface area contributed by atoms with E-state index >= 15 is 0 Å². The van der Waals surface area contributed by atoms with E-state index in [1.54, 1.807) is 12.1 Å². The number of aryl methyl sites for hydroxylation is 2. The molecule has 0 unspecified atom stereocenters. The van der Waals surface area contributed by atoms with E-state index < -0.39 is 0 Å². The fourth-order valence-electron chi connectivity index (χ4n) is 3.20. The van der Waals surface area contributed by atoms with Crippen molar-refractivity contribution in [2.24, 2.45) is 0 Å². The van der Waals surface area contributed by atoms with Crippen LogP contribution in [0.4, 0.5) is 11.4 Å². The quantitative estimate of drug-likeness (QED) is 0.601. The topological polar surface area (TPSA) is 67.4 Å². The van der Waals surface area contributed by atoms with Gasteiger partial charge in [0.15, 0.2) is 0 Å². The third-order valence-electron chi connectivity index (χ3n) is 4.59. The average Bonchev–Trinajstić information content (AvgIpc) is 3.01. The van der Waals surface area contributed by atoms with Crippen molar-refractivity contribution in [1.82, 2.24) is 14.5 Å². The van der Waals surface area contributed by atoms with Gasteiger partial charge >= 0.3 is 0 Å². The lowest BCUT2D eigenvalue weighted by atomic mass is 10.2. The van der Waals surface area contributed by atoms with E-state index in [-0.39, 0.29) is 10.6 Å². The Kier molecular flexibility index (Phi) is 5.10. The van der Waals surface area contributed by atoms with Crippen molar-refractivity contribution in [3.63, 3.8) is 0 Å². The van der Waals surface area contributed by atoms with Crippen LogP contribution in [0.15, 0.2) is 36.7 Å². The molecule has 0 spiro atoms. The van der Waals surface area contributed by atoms with E-state index in [1.165, 1.54) is 0 Å². The van der Waals surface area contributed by atoms with Gasteiger partial charge in [0, 0.05) is 51.2 Å². The van der Waals surface area contributed by atoms with Gasteiger partial charge in [-0.2, -0.15) is 0 Å². The summed E-state index contributed by atoms with van der Waals surface area (Å²) in [6.45, 7) is 7.58. The standard InChI is InChI=1S/C17H23N5O2/c1-15-18-7-10-20(15)9-4-8-19-11-13-21(14-12-19)16-5-2-3-6-17(16)22(23)24/h2-3,5-7,10H,4,8-9,11-14H2,1H3. The number of benzene rings is 1. The summed E-state index contributed by atoms with van der Waals surface area (Å²) in [4.78, 5) is 19.7. The Bertz CT molecular complexity index is 692. The van der Waals surface area contributed by atoms with E-state index in [4.69, 9.17) is 0 Å². The van der Waals surface area contributed by atoms with Gasteiger partial charge in [-0.15, -0.1) is 0 Å². The highest BCUT2D eigenvalue weighted by Gasteiger charge is 2.22. The van der Waals surface area contributed by atoms with Crippen LogP contribution in [0.2, 0.25) is 0 Å². The highest BCUT2D eigenvalue weighted by molar-refractivity contribution is 5.63. The zero-order chi connectivity index (χ0) is 16.9. The van der Waals surface area contributed by atoms with Crippen molar-refractivity contribution in [3.8, 4) is 0 Å². The Morgan fingerprint density at radius 3 is 2.58 bits per heavy atom. The predicted octanol–water partition coefficient (Wildman–Crippen LogP) is 2.31. The fourth-order valence-corrected chi connectivity index (χ4v) is 3.20. The van der Waals surface area contributed by atoms with E-state index in [0.717, 1.165) is 57.2 Å². The first kappa shape index (κ1) is 16.4. The molecule has 3 rings (SSSR count). The Hall–Kier alpha value is -2.41. The first-order valence-corrected chi connectivity index (χ1v) is 8.33. The zero-order valence-corrected chi connectivity index (χ0v) is 14.0. The molecule has 1 aromatic heterocycles. The molecule has 0 N–H and O–H groups in total. The maximum absolute atomic E-state index is 11.2. The molecular formula is C17H23N5O2. The number of imidazole rings is 1. The van der Waals surface area contributed by atoms with E-state index in [0.29, 0.717) is 0 Å². The molecule has 7 heteroatoms. The summed E-state index contributed by atoms with van der Waals surface area (Å²) in [5.74, 6) is 1.05. The van der Waals surface area contributed by atoms with Gasteiger partial charge in [0.1, 0.15) is 11.5 Å². The Morgan fingerprint density at radius 1 is 1.17 bits per heavy atom. The second kappa shape index (κ2) is 7.44. The zero-order valence-electron chi connectivity index (χ0n) is 14.0. The van der Waals surface area contributed by atoms with Crippen molar-refractivity contribution in [1.29, 1.82) is 0 Å². The molecule has 128 valence electrons. The van der Waals surface area contributed by atoms with E-state index in [2.05, 4.69) is 19.4 Å². The van der Waals surface area contributed by atoms with E-state index in [1.807, 2.05) is 31.5 Å². The van der Waals surface area contributed by atoms with Crippen LogP contribution in [-0.4, -0.2) is 52.1 Å². The van der Waals surface area contributed by atoms with Gasteiger partial charge in [-0.3, -0.25) is 15.0 Å². The highest BCUT2D eigenvalue weighted by atomic mass is 16.6. The predicted molar refractivity (Wildman–Crippen MR) is 93.3 cm³/mol. The van der Waals surface area contributed by atoms with Gasteiger partial charge in [-0.05, 0) is 26.0 Å². The Labute approximate surface area is 141 Å². The number of para-hydroxylation sites is 2. The minimum Gasteiger partial charge on any atom is -0.363 e. The third-order valence-corrected chi connectivity index (χ3v) is 4.59. The molecule has 1 fully saturated rings. The summed E-state index contributed by atoms with van der Waals surface area (Å²) in [6.07, 6.45) is 4.94. The molecule has 24 heavy (non-hydrogen) atoms. The summed E-state index contributed by atoms with van der Waals surface area (Å²) in [7, 11) is 0. The van der Waals surface area contributed by atoms with Crippen LogP contribution in [0.5, 0.6) is 0 Å². The minimum atomic E-state index is -0.296. The van der Waals surface area contributed by atoms with Gasteiger partial charge < -0.3 is 9.47 Å². The van der Waals surface area contributed by atoms with Crippen molar-refractivity contribution in [2.75, 3.05) is 37.6 Å².